The normalized spacial score (nSPS) is 13.4. The monoisotopic (exact) mass is 640 g/mol. The Morgan fingerprint density at radius 3 is 2.17 bits per heavy atom. The SMILES string of the molecule is CC(C#N)(CCC(=O)NCCCC[C@H](NC(=O)N[C@@H](CCC(=O)O)C(=O)O)C(=O)O)SC(=S)SCCc1ccccc1. The molecule has 6 N–H and O–H groups in total. The molecule has 0 aliphatic rings. The second-order valence-electron chi connectivity index (χ2n) is 9.46. The third-order valence-corrected chi connectivity index (χ3v) is 8.69. The van der Waals surface area contributed by atoms with Crippen LogP contribution in [-0.2, 0) is 25.6 Å². The first-order chi connectivity index (χ1) is 19.8. The van der Waals surface area contributed by atoms with Gasteiger partial charge in [0.15, 0.2) is 0 Å². The Balaban J connectivity index is 2.35. The van der Waals surface area contributed by atoms with Crippen molar-refractivity contribution in [1.29, 1.82) is 5.26 Å². The number of rotatable bonds is 19. The van der Waals surface area contributed by atoms with Crippen molar-refractivity contribution in [3.8, 4) is 6.07 Å². The fourth-order valence-electron chi connectivity index (χ4n) is 3.52. The third-order valence-electron chi connectivity index (χ3n) is 5.92. The molecular weight excluding hydrogens is 605 g/mol. The van der Waals surface area contributed by atoms with Crippen molar-refractivity contribution >= 4 is 69.1 Å². The average molecular weight is 641 g/mol. The molecule has 0 heterocycles. The number of unbranched alkanes of at least 4 members (excludes halogenated alkanes) is 1. The molecule has 0 fully saturated rings. The molecule has 1 aromatic rings. The van der Waals surface area contributed by atoms with Gasteiger partial charge in [-0.1, -0.05) is 54.3 Å². The van der Waals surface area contributed by atoms with Gasteiger partial charge in [0.2, 0.25) is 5.91 Å². The summed E-state index contributed by atoms with van der Waals surface area (Å²) in [6.07, 6.45) is 1.19. The number of nitrogens with one attached hydrogen (secondary N) is 3. The number of benzene rings is 1. The maximum atomic E-state index is 12.3. The molecule has 0 saturated carbocycles. The number of carboxylic acid groups (broad SMARTS) is 3. The minimum absolute atomic E-state index is 0.0218. The molecule has 230 valence electrons. The number of hydrogen-bond acceptors (Lipinski definition) is 9. The van der Waals surface area contributed by atoms with Crippen molar-refractivity contribution in [3.05, 3.63) is 35.9 Å². The van der Waals surface area contributed by atoms with Gasteiger partial charge in [0.1, 0.15) is 20.4 Å². The number of carbonyl (C=O) groups excluding carboxylic acids is 2. The number of hydrogen-bond donors (Lipinski definition) is 6. The lowest BCUT2D eigenvalue weighted by Crippen LogP contribution is -2.51. The second-order valence-corrected chi connectivity index (χ2v) is 13.3. The van der Waals surface area contributed by atoms with Gasteiger partial charge in [-0.15, -0.1) is 11.8 Å². The minimum Gasteiger partial charge on any atom is -0.481 e. The zero-order valence-electron chi connectivity index (χ0n) is 23.2. The Morgan fingerprint density at radius 1 is 0.976 bits per heavy atom. The van der Waals surface area contributed by atoms with Gasteiger partial charge in [-0.25, -0.2) is 14.4 Å². The number of nitriles is 1. The van der Waals surface area contributed by atoms with E-state index in [4.69, 9.17) is 22.4 Å². The van der Waals surface area contributed by atoms with Crippen molar-refractivity contribution in [1.82, 2.24) is 16.0 Å². The summed E-state index contributed by atoms with van der Waals surface area (Å²) >= 11 is 8.22. The molecule has 0 bridgehead atoms. The van der Waals surface area contributed by atoms with E-state index in [1.165, 1.54) is 29.1 Å². The van der Waals surface area contributed by atoms with Crippen LogP contribution in [0.4, 0.5) is 4.79 Å². The highest BCUT2D eigenvalue weighted by molar-refractivity contribution is 8.47. The molecule has 1 unspecified atom stereocenters. The van der Waals surface area contributed by atoms with E-state index in [-0.39, 0.29) is 31.7 Å². The zero-order chi connectivity index (χ0) is 31.5. The predicted octanol–water partition coefficient (Wildman–Crippen LogP) is 3.40. The minimum atomic E-state index is -1.49. The number of carboxylic acids is 3. The van der Waals surface area contributed by atoms with Gasteiger partial charge in [0.25, 0.3) is 0 Å². The first-order valence-electron chi connectivity index (χ1n) is 13.2. The number of thiocarbonyl (C=S) groups is 1. The molecule has 0 aliphatic heterocycles. The molecule has 3 atom stereocenters. The van der Waals surface area contributed by atoms with Crippen LogP contribution in [0.2, 0.25) is 0 Å². The Labute approximate surface area is 258 Å². The Hall–Kier alpha value is -3.35. The highest BCUT2D eigenvalue weighted by Crippen LogP contribution is 2.34. The quantitative estimate of drug-likeness (QED) is 0.0951. The molecule has 15 heteroatoms. The van der Waals surface area contributed by atoms with Gasteiger partial charge < -0.3 is 31.3 Å². The smallest absolute Gasteiger partial charge is 0.326 e. The van der Waals surface area contributed by atoms with E-state index in [2.05, 4.69) is 22.0 Å². The van der Waals surface area contributed by atoms with Gasteiger partial charge >= 0.3 is 23.9 Å². The standard InChI is InChI=1S/C27H36N4O8S3/c1-27(17-28,42-26(40)41-16-13-18-7-3-2-4-8-18)14-12-21(32)29-15-6-5-9-19(23(35)36)30-25(39)31-20(24(37)38)10-11-22(33)34/h2-4,7-8,19-20H,5-6,9-16H2,1H3,(H,29,32)(H,33,34)(H,35,36)(H,37,38)(H2,30,31,39)/t19-,20-,27?/m0/s1. The van der Waals surface area contributed by atoms with Crippen molar-refractivity contribution in [2.24, 2.45) is 0 Å². The van der Waals surface area contributed by atoms with Crippen molar-refractivity contribution in [3.63, 3.8) is 0 Å². The highest BCUT2D eigenvalue weighted by Gasteiger charge is 2.28. The lowest BCUT2D eigenvalue weighted by molar-refractivity contribution is -0.140. The van der Waals surface area contributed by atoms with Crippen LogP contribution in [0.25, 0.3) is 0 Å². The lowest BCUT2D eigenvalue weighted by atomic mass is 10.1. The molecule has 42 heavy (non-hydrogen) atoms. The van der Waals surface area contributed by atoms with Crippen LogP contribution in [0.3, 0.4) is 0 Å². The van der Waals surface area contributed by atoms with E-state index in [0.717, 1.165) is 12.2 Å². The second kappa shape index (κ2) is 19.7. The number of aliphatic carboxylic acids is 3. The first kappa shape index (κ1) is 36.7. The summed E-state index contributed by atoms with van der Waals surface area (Å²) in [5.41, 5.74) is 1.21. The topological polar surface area (TPSA) is 206 Å². The summed E-state index contributed by atoms with van der Waals surface area (Å²) in [7, 11) is 0. The predicted molar refractivity (Wildman–Crippen MR) is 164 cm³/mol. The number of carbonyl (C=O) groups is 5. The van der Waals surface area contributed by atoms with Crippen LogP contribution in [0.1, 0.15) is 57.4 Å². The zero-order valence-corrected chi connectivity index (χ0v) is 25.6. The number of urea groups is 1. The van der Waals surface area contributed by atoms with Gasteiger partial charge in [0.05, 0.1) is 6.07 Å². The fourth-order valence-corrected chi connectivity index (χ4v) is 6.48. The molecule has 0 saturated heterocycles. The maximum absolute atomic E-state index is 12.3. The summed E-state index contributed by atoms with van der Waals surface area (Å²) in [6, 6.07) is 8.41. The molecule has 0 aliphatic carbocycles. The van der Waals surface area contributed by atoms with Crippen molar-refractivity contribution < 1.29 is 39.3 Å². The number of amides is 3. The average Bonchev–Trinajstić information content (AvgIpc) is 2.93. The largest absolute Gasteiger partial charge is 0.481 e. The molecule has 12 nitrogen and oxygen atoms in total. The lowest BCUT2D eigenvalue weighted by Gasteiger charge is -2.20. The van der Waals surface area contributed by atoms with E-state index in [1.807, 2.05) is 30.3 Å². The summed E-state index contributed by atoms with van der Waals surface area (Å²) < 4.78 is -0.216. The summed E-state index contributed by atoms with van der Waals surface area (Å²) in [6.45, 7) is 2.01. The number of thioether (sulfide) groups is 2. The third kappa shape index (κ3) is 16.2. The van der Waals surface area contributed by atoms with Crippen LogP contribution in [0.5, 0.6) is 0 Å². The van der Waals surface area contributed by atoms with Gasteiger partial charge in [-0.2, -0.15) is 5.26 Å². The van der Waals surface area contributed by atoms with Crippen LogP contribution < -0.4 is 16.0 Å². The Morgan fingerprint density at radius 2 is 1.60 bits per heavy atom. The fraction of sp³-hybridized carbons (Fsp3) is 0.519. The Kier molecular flexibility index (Phi) is 17.2. The van der Waals surface area contributed by atoms with Gasteiger partial charge in [-0.3, -0.25) is 9.59 Å². The summed E-state index contributed by atoms with van der Waals surface area (Å²) in [5, 5.41) is 43.8. The van der Waals surface area contributed by atoms with Crippen LogP contribution >= 0.6 is 35.7 Å². The highest BCUT2D eigenvalue weighted by atomic mass is 32.2. The summed E-state index contributed by atoms with van der Waals surface area (Å²) in [5.74, 6) is -3.46. The van der Waals surface area contributed by atoms with Crippen LogP contribution in [0.15, 0.2) is 30.3 Å². The molecule has 1 rings (SSSR count). The molecule has 0 aromatic heterocycles. The van der Waals surface area contributed by atoms with E-state index < -0.39 is 47.2 Å². The summed E-state index contributed by atoms with van der Waals surface area (Å²) in [4.78, 5) is 57.7. The maximum Gasteiger partial charge on any atom is 0.326 e. The Bertz CT molecular complexity index is 1130. The van der Waals surface area contributed by atoms with Crippen LogP contribution in [-0.4, -0.2) is 77.8 Å². The van der Waals surface area contributed by atoms with E-state index in [0.29, 0.717) is 22.8 Å². The molecule has 0 spiro atoms. The van der Waals surface area contributed by atoms with Crippen LogP contribution in [0, 0.1) is 11.3 Å². The van der Waals surface area contributed by atoms with Crippen molar-refractivity contribution in [2.75, 3.05) is 12.3 Å². The van der Waals surface area contributed by atoms with E-state index >= 15 is 0 Å². The van der Waals surface area contributed by atoms with E-state index in [1.54, 1.807) is 6.92 Å². The molecular formula is C27H36N4O8S3. The molecule has 3 amide bonds. The first-order valence-corrected chi connectivity index (χ1v) is 15.4. The molecule has 1 aromatic carbocycles. The van der Waals surface area contributed by atoms with Gasteiger partial charge in [-0.05, 0) is 51.0 Å². The van der Waals surface area contributed by atoms with Crippen molar-refractivity contribution in [2.45, 2.75) is 75.1 Å². The van der Waals surface area contributed by atoms with Gasteiger partial charge in [0, 0.05) is 25.1 Å². The number of aryl methyl sites for hydroxylation is 1. The molecule has 0 radical (unpaired) electrons. The van der Waals surface area contributed by atoms with E-state index in [9.17, 15) is 34.3 Å². The number of nitrogens with zero attached hydrogens (tertiary/aromatic N) is 1.